The molecule has 0 radical (unpaired) electrons. The first-order chi connectivity index (χ1) is 8.79. The molecule has 2 N–H and O–H groups in total. The SMILES string of the molecule is Cc1cccc(-c2ccc(OCCCN)cc2)c1. The van der Waals surface area contributed by atoms with Crippen molar-refractivity contribution in [1.29, 1.82) is 0 Å². The highest BCUT2D eigenvalue weighted by molar-refractivity contribution is 5.64. The normalized spacial score (nSPS) is 10.3. The fourth-order valence-corrected chi connectivity index (χ4v) is 1.84. The molecule has 0 atom stereocenters. The molecule has 0 unspecified atom stereocenters. The highest BCUT2D eigenvalue weighted by Crippen LogP contribution is 2.23. The first-order valence-electron chi connectivity index (χ1n) is 6.29. The van der Waals surface area contributed by atoms with E-state index in [4.69, 9.17) is 10.5 Å². The van der Waals surface area contributed by atoms with Crippen LogP contribution >= 0.6 is 0 Å². The number of aryl methyl sites for hydroxylation is 1. The second kappa shape index (κ2) is 6.22. The summed E-state index contributed by atoms with van der Waals surface area (Å²) in [7, 11) is 0. The number of ether oxygens (including phenoxy) is 1. The highest BCUT2D eigenvalue weighted by atomic mass is 16.5. The van der Waals surface area contributed by atoms with Crippen molar-refractivity contribution >= 4 is 0 Å². The van der Waals surface area contributed by atoms with Gasteiger partial charge in [-0.25, -0.2) is 0 Å². The minimum absolute atomic E-state index is 0.668. The first kappa shape index (κ1) is 12.7. The summed E-state index contributed by atoms with van der Waals surface area (Å²) in [6.07, 6.45) is 0.889. The summed E-state index contributed by atoms with van der Waals surface area (Å²) >= 11 is 0. The number of hydrogen-bond acceptors (Lipinski definition) is 2. The molecule has 0 saturated carbocycles. The van der Waals surface area contributed by atoms with Crippen molar-refractivity contribution in [2.24, 2.45) is 5.73 Å². The smallest absolute Gasteiger partial charge is 0.119 e. The molecule has 0 saturated heterocycles. The van der Waals surface area contributed by atoms with Crippen LogP contribution in [0, 0.1) is 6.92 Å². The quantitative estimate of drug-likeness (QED) is 0.814. The Bertz CT molecular complexity index is 491. The van der Waals surface area contributed by atoms with Crippen molar-refractivity contribution in [3.05, 3.63) is 54.1 Å². The van der Waals surface area contributed by atoms with Gasteiger partial charge in [0.15, 0.2) is 0 Å². The van der Waals surface area contributed by atoms with Gasteiger partial charge in [-0.2, -0.15) is 0 Å². The molecule has 2 aromatic rings. The monoisotopic (exact) mass is 241 g/mol. The topological polar surface area (TPSA) is 35.2 Å². The van der Waals surface area contributed by atoms with Gasteiger partial charge < -0.3 is 10.5 Å². The summed E-state index contributed by atoms with van der Waals surface area (Å²) in [6, 6.07) is 16.7. The van der Waals surface area contributed by atoms with Gasteiger partial charge >= 0.3 is 0 Å². The third-order valence-electron chi connectivity index (χ3n) is 2.82. The predicted octanol–water partition coefficient (Wildman–Crippen LogP) is 3.39. The van der Waals surface area contributed by atoms with Crippen molar-refractivity contribution in [2.75, 3.05) is 13.2 Å². The van der Waals surface area contributed by atoms with E-state index in [-0.39, 0.29) is 0 Å². The van der Waals surface area contributed by atoms with Crippen LogP contribution in [0.25, 0.3) is 11.1 Å². The van der Waals surface area contributed by atoms with Gasteiger partial charge in [0.1, 0.15) is 5.75 Å². The average Bonchev–Trinajstić information content (AvgIpc) is 2.40. The first-order valence-corrected chi connectivity index (χ1v) is 6.29. The molecule has 2 heteroatoms. The van der Waals surface area contributed by atoms with Crippen molar-refractivity contribution < 1.29 is 4.74 Å². The van der Waals surface area contributed by atoms with E-state index in [0.717, 1.165) is 12.2 Å². The van der Waals surface area contributed by atoms with E-state index in [1.807, 2.05) is 12.1 Å². The molecular formula is C16H19NO. The van der Waals surface area contributed by atoms with Crippen LogP contribution < -0.4 is 10.5 Å². The zero-order valence-corrected chi connectivity index (χ0v) is 10.7. The molecule has 94 valence electrons. The van der Waals surface area contributed by atoms with Gasteiger partial charge in [-0.3, -0.25) is 0 Å². The highest BCUT2D eigenvalue weighted by Gasteiger charge is 1.99. The van der Waals surface area contributed by atoms with Crippen molar-refractivity contribution in [3.8, 4) is 16.9 Å². The largest absolute Gasteiger partial charge is 0.494 e. The minimum Gasteiger partial charge on any atom is -0.494 e. The van der Waals surface area contributed by atoms with E-state index < -0.39 is 0 Å². The van der Waals surface area contributed by atoms with E-state index in [1.165, 1.54) is 16.7 Å². The molecular weight excluding hydrogens is 222 g/mol. The third kappa shape index (κ3) is 3.34. The van der Waals surface area contributed by atoms with E-state index in [2.05, 4.69) is 43.3 Å². The number of hydrogen-bond donors (Lipinski definition) is 1. The average molecular weight is 241 g/mol. The zero-order chi connectivity index (χ0) is 12.8. The predicted molar refractivity (Wildman–Crippen MR) is 75.8 cm³/mol. The number of benzene rings is 2. The summed E-state index contributed by atoms with van der Waals surface area (Å²) in [5.74, 6) is 0.903. The van der Waals surface area contributed by atoms with Crippen molar-refractivity contribution in [1.82, 2.24) is 0 Å². The summed E-state index contributed by atoms with van der Waals surface area (Å²) in [5, 5.41) is 0. The van der Waals surface area contributed by atoms with Crippen molar-refractivity contribution in [2.45, 2.75) is 13.3 Å². The molecule has 0 aliphatic rings. The lowest BCUT2D eigenvalue weighted by Crippen LogP contribution is -2.05. The van der Waals surface area contributed by atoms with Crippen LogP contribution in [0.4, 0.5) is 0 Å². The van der Waals surface area contributed by atoms with Gasteiger partial charge in [0.2, 0.25) is 0 Å². The lowest BCUT2D eigenvalue weighted by atomic mass is 10.0. The summed E-state index contributed by atoms with van der Waals surface area (Å²) in [5.41, 5.74) is 9.15. The lowest BCUT2D eigenvalue weighted by Gasteiger charge is -2.07. The Morgan fingerprint density at radius 3 is 2.44 bits per heavy atom. The van der Waals surface area contributed by atoms with Crippen LogP contribution in [-0.4, -0.2) is 13.2 Å². The van der Waals surface area contributed by atoms with Gasteiger partial charge in [-0.1, -0.05) is 42.0 Å². The van der Waals surface area contributed by atoms with Crippen LogP contribution in [0.5, 0.6) is 5.75 Å². The summed E-state index contributed by atoms with van der Waals surface area (Å²) in [4.78, 5) is 0. The second-order valence-electron chi connectivity index (χ2n) is 4.38. The molecule has 2 aromatic carbocycles. The molecule has 2 rings (SSSR count). The minimum atomic E-state index is 0.668. The maximum atomic E-state index is 5.58. The Hall–Kier alpha value is -1.80. The molecule has 18 heavy (non-hydrogen) atoms. The molecule has 0 heterocycles. The molecule has 0 aliphatic carbocycles. The van der Waals surface area contributed by atoms with Crippen LogP contribution in [0.2, 0.25) is 0 Å². The Labute approximate surface area is 108 Å². The Morgan fingerprint density at radius 1 is 1.00 bits per heavy atom. The second-order valence-corrected chi connectivity index (χ2v) is 4.38. The van der Waals surface area contributed by atoms with Gasteiger partial charge in [-0.15, -0.1) is 0 Å². The van der Waals surface area contributed by atoms with Crippen LogP contribution in [0.1, 0.15) is 12.0 Å². The molecule has 0 aliphatic heterocycles. The van der Waals surface area contributed by atoms with Crippen molar-refractivity contribution in [3.63, 3.8) is 0 Å². The number of nitrogens with two attached hydrogens (primary N) is 1. The molecule has 2 nitrogen and oxygen atoms in total. The van der Waals surface area contributed by atoms with Crippen LogP contribution in [0.3, 0.4) is 0 Å². The molecule has 0 fully saturated rings. The maximum absolute atomic E-state index is 5.58. The van der Waals surface area contributed by atoms with E-state index in [1.54, 1.807) is 0 Å². The fourth-order valence-electron chi connectivity index (χ4n) is 1.84. The standard InChI is InChI=1S/C16H19NO/c1-13-4-2-5-15(12-13)14-6-8-16(9-7-14)18-11-3-10-17/h2,4-9,12H,3,10-11,17H2,1H3. The summed E-state index contributed by atoms with van der Waals surface area (Å²) in [6.45, 7) is 3.45. The van der Waals surface area contributed by atoms with Gasteiger partial charge in [0.25, 0.3) is 0 Å². The van der Waals surface area contributed by atoms with E-state index >= 15 is 0 Å². The van der Waals surface area contributed by atoms with Gasteiger partial charge in [0.05, 0.1) is 6.61 Å². The molecule has 0 spiro atoms. The van der Waals surface area contributed by atoms with E-state index in [9.17, 15) is 0 Å². The Balaban J connectivity index is 2.07. The van der Waals surface area contributed by atoms with Gasteiger partial charge in [-0.05, 0) is 43.1 Å². The Morgan fingerprint density at radius 2 is 1.78 bits per heavy atom. The lowest BCUT2D eigenvalue weighted by molar-refractivity contribution is 0.313. The zero-order valence-electron chi connectivity index (χ0n) is 10.7. The molecule has 0 bridgehead atoms. The van der Waals surface area contributed by atoms with Gasteiger partial charge in [0, 0.05) is 0 Å². The number of rotatable bonds is 5. The Kier molecular flexibility index (Phi) is 4.37. The maximum Gasteiger partial charge on any atom is 0.119 e. The van der Waals surface area contributed by atoms with E-state index in [0.29, 0.717) is 13.2 Å². The van der Waals surface area contributed by atoms with Crippen LogP contribution in [0.15, 0.2) is 48.5 Å². The third-order valence-corrected chi connectivity index (χ3v) is 2.82. The molecule has 0 amide bonds. The fraction of sp³-hybridized carbons (Fsp3) is 0.250. The van der Waals surface area contributed by atoms with Crippen LogP contribution in [-0.2, 0) is 0 Å². The molecule has 0 aromatic heterocycles. The summed E-state index contributed by atoms with van der Waals surface area (Å²) < 4.78 is 5.58.